The summed E-state index contributed by atoms with van der Waals surface area (Å²) < 4.78 is 5.00. The van der Waals surface area contributed by atoms with Crippen LogP contribution in [0, 0.1) is 0 Å². The molecule has 0 aliphatic rings. The molecule has 5 heteroatoms. The number of methoxy groups -OCH3 is 1. The van der Waals surface area contributed by atoms with Crippen molar-refractivity contribution in [2.45, 2.75) is 5.92 Å². The van der Waals surface area contributed by atoms with Gasteiger partial charge in [-0.05, 0) is 17.7 Å². The Bertz CT molecular complexity index is 614. The van der Waals surface area contributed by atoms with Crippen molar-refractivity contribution in [1.29, 1.82) is 0 Å². The SMILES string of the molecule is COc1ccc(NC(=O)C(CN)c2ccccc2)c(O)c1. The lowest BCUT2D eigenvalue weighted by Crippen LogP contribution is -2.27. The van der Waals surface area contributed by atoms with Crippen LogP contribution in [0.15, 0.2) is 48.5 Å². The quantitative estimate of drug-likeness (QED) is 0.735. The molecule has 0 aliphatic heterocycles. The Morgan fingerprint density at radius 1 is 1.29 bits per heavy atom. The maximum atomic E-state index is 12.3. The number of nitrogens with one attached hydrogen (secondary N) is 1. The van der Waals surface area contributed by atoms with Crippen LogP contribution in [0.1, 0.15) is 11.5 Å². The van der Waals surface area contributed by atoms with Crippen LogP contribution < -0.4 is 15.8 Å². The molecule has 1 amide bonds. The van der Waals surface area contributed by atoms with Gasteiger partial charge in [-0.1, -0.05) is 30.3 Å². The van der Waals surface area contributed by atoms with Crippen molar-refractivity contribution >= 4 is 11.6 Å². The van der Waals surface area contributed by atoms with E-state index in [9.17, 15) is 9.90 Å². The van der Waals surface area contributed by atoms with Gasteiger partial charge in [-0.15, -0.1) is 0 Å². The standard InChI is InChI=1S/C16H18N2O3/c1-21-12-7-8-14(15(19)9-12)18-16(20)13(10-17)11-5-3-2-4-6-11/h2-9,13,19H,10,17H2,1H3,(H,18,20). The lowest BCUT2D eigenvalue weighted by atomic mass is 9.98. The highest BCUT2D eigenvalue weighted by molar-refractivity contribution is 5.97. The maximum Gasteiger partial charge on any atom is 0.233 e. The van der Waals surface area contributed by atoms with Gasteiger partial charge in [0.1, 0.15) is 11.5 Å². The van der Waals surface area contributed by atoms with Crippen molar-refractivity contribution in [3.63, 3.8) is 0 Å². The van der Waals surface area contributed by atoms with Crippen molar-refractivity contribution in [2.75, 3.05) is 19.0 Å². The number of hydrogen-bond acceptors (Lipinski definition) is 4. The van der Waals surface area contributed by atoms with Gasteiger partial charge >= 0.3 is 0 Å². The lowest BCUT2D eigenvalue weighted by Gasteiger charge is -2.16. The minimum atomic E-state index is -0.465. The Balaban J connectivity index is 2.16. The van der Waals surface area contributed by atoms with Gasteiger partial charge in [0.15, 0.2) is 0 Å². The number of anilines is 1. The molecule has 0 aliphatic carbocycles. The number of aromatic hydroxyl groups is 1. The van der Waals surface area contributed by atoms with Gasteiger partial charge in [-0.2, -0.15) is 0 Å². The van der Waals surface area contributed by atoms with Crippen molar-refractivity contribution in [3.8, 4) is 11.5 Å². The molecule has 2 aromatic carbocycles. The molecular weight excluding hydrogens is 268 g/mol. The zero-order valence-electron chi connectivity index (χ0n) is 11.7. The number of benzene rings is 2. The molecule has 0 heterocycles. The van der Waals surface area contributed by atoms with Gasteiger partial charge in [-0.3, -0.25) is 4.79 Å². The van der Waals surface area contributed by atoms with Crippen LogP contribution in [-0.2, 0) is 4.79 Å². The summed E-state index contributed by atoms with van der Waals surface area (Å²) in [6.07, 6.45) is 0. The fraction of sp³-hybridized carbons (Fsp3) is 0.188. The molecule has 4 N–H and O–H groups in total. The molecule has 0 fully saturated rings. The van der Waals surface area contributed by atoms with Crippen LogP contribution in [-0.4, -0.2) is 24.7 Å². The number of carbonyl (C=O) groups is 1. The first-order valence-corrected chi connectivity index (χ1v) is 6.58. The Kier molecular flexibility index (Phi) is 4.79. The smallest absolute Gasteiger partial charge is 0.233 e. The van der Waals surface area contributed by atoms with E-state index in [2.05, 4.69) is 5.32 Å². The monoisotopic (exact) mass is 286 g/mol. The third-order valence-corrected chi connectivity index (χ3v) is 3.22. The molecule has 0 aromatic heterocycles. The molecule has 2 rings (SSSR count). The second-order valence-electron chi connectivity index (χ2n) is 4.57. The number of nitrogens with two attached hydrogens (primary N) is 1. The normalized spacial score (nSPS) is 11.7. The van der Waals surface area contributed by atoms with E-state index in [1.54, 1.807) is 12.1 Å². The molecule has 0 bridgehead atoms. The predicted octanol–water partition coefficient (Wildman–Crippen LogP) is 2.08. The number of phenolic OH excluding ortho intramolecular Hbond substituents is 1. The second kappa shape index (κ2) is 6.76. The molecule has 0 spiro atoms. The third kappa shape index (κ3) is 3.52. The van der Waals surface area contributed by atoms with E-state index < -0.39 is 5.92 Å². The summed E-state index contributed by atoms with van der Waals surface area (Å²) in [5.74, 6) is -0.257. The highest BCUT2D eigenvalue weighted by Crippen LogP contribution is 2.29. The van der Waals surface area contributed by atoms with E-state index in [1.807, 2.05) is 30.3 Å². The molecule has 110 valence electrons. The molecule has 5 nitrogen and oxygen atoms in total. The van der Waals surface area contributed by atoms with E-state index >= 15 is 0 Å². The zero-order chi connectivity index (χ0) is 15.2. The van der Waals surface area contributed by atoms with Gasteiger partial charge in [0, 0.05) is 12.6 Å². The predicted molar refractivity (Wildman–Crippen MR) is 81.5 cm³/mol. The molecule has 2 aromatic rings. The van der Waals surface area contributed by atoms with Crippen LogP contribution in [0.25, 0.3) is 0 Å². The number of hydrogen-bond donors (Lipinski definition) is 3. The molecule has 0 saturated carbocycles. The summed E-state index contributed by atoms with van der Waals surface area (Å²) >= 11 is 0. The van der Waals surface area contributed by atoms with Crippen LogP contribution in [0.2, 0.25) is 0 Å². The summed E-state index contributed by atoms with van der Waals surface area (Å²) in [6, 6.07) is 14.0. The molecule has 1 atom stereocenters. The van der Waals surface area contributed by atoms with E-state index in [1.165, 1.54) is 13.2 Å². The summed E-state index contributed by atoms with van der Waals surface area (Å²) in [5, 5.41) is 12.6. The average molecular weight is 286 g/mol. The number of carbonyl (C=O) groups excluding carboxylic acids is 1. The van der Waals surface area contributed by atoms with Crippen LogP contribution in [0.5, 0.6) is 11.5 Å². The Labute approximate surface area is 123 Å². The minimum absolute atomic E-state index is 0.0495. The first kappa shape index (κ1) is 14.9. The summed E-state index contributed by atoms with van der Waals surface area (Å²) in [5.41, 5.74) is 6.87. The fourth-order valence-electron chi connectivity index (χ4n) is 2.04. The summed E-state index contributed by atoms with van der Waals surface area (Å²) in [4.78, 5) is 12.3. The van der Waals surface area contributed by atoms with Crippen molar-refractivity contribution in [1.82, 2.24) is 0 Å². The second-order valence-corrected chi connectivity index (χ2v) is 4.57. The Morgan fingerprint density at radius 3 is 2.57 bits per heavy atom. The van der Waals surface area contributed by atoms with Crippen LogP contribution in [0.3, 0.4) is 0 Å². The van der Waals surface area contributed by atoms with Gasteiger partial charge in [0.25, 0.3) is 0 Å². The molecular formula is C16H18N2O3. The Hall–Kier alpha value is -2.53. The first-order valence-electron chi connectivity index (χ1n) is 6.58. The minimum Gasteiger partial charge on any atom is -0.506 e. The lowest BCUT2D eigenvalue weighted by molar-refractivity contribution is -0.117. The molecule has 0 radical (unpaired) electrons. The number of rotatable bonds is 5. The van der Waals surface area contributed by atoms with Gasteiger partial charge in [0.2, 0.25) is 5.91 Å². The van der Waals surface area contributed by atoms with E-state index in [0.717, 1.165) is 5.56 Å². The van der Waals surface area contributed by atoms with Gasteiger partial charge in [0.05, 0.1) is 18.7 Å². The van der Waals surface area contributed by atoms with Crippen molar-refractivity contribution in [3.05, 3.63) is 54.1 Å². The molecule has 0 saturated heterocycles. The highest BCUT2D eigenvalue weighted by Gasteiger charge is 2.19. The van der Waals surface area contributed by atoms with E-state index in [4.69, 9.17) is 10.5 Å². The van der Waals surface area contributed by atoms with E-state index in [-0.39, 0.29) is 18.2 Å². The molecule has 21 heavy (non-hydrogen) atoms. The highest BCUT2D eigenvalue weighted by atomic mass is 16.5. The van der Waals surface area contributed by atoms with Crippen molar-refractivity contribution in [2.24, 2.45) is 5.73 Å². The van der Waals surface area contributed by atoms with Crippen molar-refractivity contribution < 1.29 is 14.6 Å². The summed E-state index contributed by atoms with van der Waals surface area (Å²) in [6.45, 7) is 0.187. The fourth-order valence-corrected chi connectivity index (χ4v) is 2.04. The topological polar surface area (TPSA) is 84.6 Å². The third-order valence-electron chi connectivity index (χ3n) is 3.22. The zero-order valence-corrected chi connectivity index (χ0v) is 11.7. The number of phenols is 1. The first-order chi connectivity index (χ1) is 10.2. The van der Waals surface area contributed by atoms with Gasteiger partial charge < -0.3 is 20.9 Å². The van der Waals surface area contributed by atoms with Gasteiger partial charge in [-0.25, -0.2) is 0 Å². The van der Waals surface area contributed by atoms with E-state index in [0.29, 0.717) is 11.4 Å². The summed E-state index contributed by atoms with van der Waals surface area (Å²) in [7, 11) is 1.51. The maximum absolute atomic E-state index is 12.3. The molecule has 1 unspecified atom stereocenters. The Morgan fingerprint density at radius 2 is 2.00 bits per heavy atom. The average Bonchev–Trinajstić information content (AvgIpc) is 2.51. The number of ether oxygens (including phenoxy) is 1. The number of amides is 1. The van der Waals surface area contributed by atoms with Crippen LogP contribution >= 0.6 is 0 Å². The largest absolute Gasteiger partial charge is 0.506 e. The van der Waals surface area contributed by atoms with Crippen LogP contribution in [0.4, 0.5) is 5.69 Å².